The number of nitrogens with zero attached hydrogens (tertiary/aromatic N) is 2. The lowest BCUT2D eigenvalue weighted by molar-refractivity contribution is -0.160. The molecule has 8 nitrogen and oxygen atoms in total. The van der Waals surface area contributed by atoms with Crippen LogP contribution >= 0.6 is 0 Å². The van der Waals surface area contributed by atoms with Crippen molar-refractivity contribution in [2.75, 3.05) is 32.8 Å². The summed E-state index contributed by atoms with van der Waals surface area (Å²) in [5.41, 5.74) is 0.989. The van der Waals surface area contributed by atoms with Crippen LogP contribution < -0.4 is 0 Å². The van der Waals surface area contributed by atoms with E-state index in [1.165, 1.54) is 9.21 Å². The normalized spacial score (nSPS) is 22.6. The average Bonchev–Trinajstić information content (AvgIpc) is 2.68. The number of carbonyl (C=O) groups excluding carboxylic acids is 1. The number of carbonyl (C=O) groups is 2. The maximum atomic E-state index is 12.7. The minimum Gasteiger partial charge on any atom is -0.479 e. The van der Waals surface area contributed by atoms with Crippen molar-refractivity contribution in [3.63, 3.8) is 0 Å². The van der Waals surface area contributed by atoms with Crippen molar-refractivity contribution >= 4 is 21.9 Å². The van der Waals surface area contributed by atoms with E-state index in [0.717, 1.165) is 5.56 Å². The van der Waals surface area contributed by atoms with Crippen LogP contribution in [-0.2, 0) is 24.3 Å². The molecule has 0 aromatic heterocycles. The Balaban J connectivity index is 1.60. The van der Waals surface area contributed by atoms with Gasteiger partial charge in [0.2, 0.25) is 15.9 Å². The first kappa shape index (κ1) is 19.8. The Morgan fingerprint density at radius 3 is 2.33 bits per heavy atom. The minimum absolute atomic E-state index is 0.0377. The minimum atomic E-state index is -3.56. The van der Waals surface area contributed by atoms with Crippen LogP contribution in [0.15, 0.2) is 29.2 Å². The van der Waals surface area contributed by atoms with Crippen LogP contribution in [0.25, 0.3) is 0 Å². The molecule has 0 bridgehead atoms. The largest absolute Gasteiger partial charge is 0.479 e. The van der Waals surface area contributed by atoms with Crippen LogP contribution in [0.3, 0.4) is 0 Å². The molecule has 0 spiro atoms. The quantitative estimate of drug-likeness (QED) is 0.804. The number of rotatable bonds is 4. The first-order chi connectivity index (χ1) is 12.8. The monoisotopic (exact) mass is 396 g/mol. The molecule has 2 heterocycles. The van der Waals surface area contributed by atoms with Crippen molar-refractivity contribution < 1.29 is 27.9 Å². The number of hydrogen-bond acceptors (Lipinski definition) is 5. The van der Waals surface area contributed by atoms with E-state index in [-0.39, 0.29) is 43.0 Å². The van der Waals surface area contributed by atoms with Gasteiger partial charge < -0.3 is 14.7 Å². The van der Waals surface area contributed by atoms with E-state index in [0.29, 0.717) is 19.4 Å². The summed E-state index contributed by atoms with van der Waals surface area (Å²) in [6, 6.07) is 6.73. The van der Waals surface area contributed by atoms with E-state index < -0.39 is 22.1 Å². The zero-order valence-electron chi connectivity index (χ0n) is 15.2. The molecule has 2 aliphatic heterocycles. The Hall–Kier alpha value is -1.97. The lowest BCUT2D eigenvalue weighted by Gasteiger charge is -2.36. The second kappa shape index (κ2) is 7.95. The molecule has 1 atom stereocenters. The summed E-state index contributed by atoms with van der Waals surface area (Å²) >= 11 is 0. The van der Waals surface area contributed by atoms with E-state index in [1.807, 2.05) is 6.92 Å². The van der Waals surface area contributed by atoms with Gasteiger partial charge in [0.1, 0.15) is 0 Å². The molecule has 148 valence electrons. The van der Waals surface area contributed by atoms with Crippen molar-refractivity contribution in [2.45, 2.75) is 30.8 Å². The zero-order valence-corrected chi connectivity index (χ0v) is 16.0. The van der Waals surface area contributed by atoms with Gasteiger partial charge in [-0.15, -0.1) is 0 Å². The van der Waals surface area contributed by atoms with Gasteiger partial charge in [0.05, 0.1) is 18.0 Å². The molecule has 0 radical (unpaired) electrons. The molecule has 1 N–H and O–H groups in total. The Morgan fingerprint density at radius 1 is 1.11 bits per heavy atom. The zero-order chi connectivity index (χ0) is 19.6. The first-order valence-corrected chi connectivity index (χ1v) is 10.4. The number of aryl methyl sites for hydroxylation is 1. The third-order valence-corrected chi connectivity index (χ3v) is 7.03. The number of carboxylic acids is 1. The van der Waals surface area contributed by atoms with Gasteiger partial charge in [-0.3, -0.25) is 4.79 Å². The molecule has 2 saturated heterocycles. The summed E-state index contributed by atoms with van der Waals surface area (Å²) in [6.45, 7) is 3.05. The predicted molar refractivity (Wildman–Crippen MR) is 96.6 cm³/mol. The molecule has 1 aromatic carbocycles. The number of carboxylic acid groups (broad SMARTS) is 1. The first-order valence-electron chi connectivity index (χ1n) is 8.99. The summed E-state index contributed by atoms with van der Waals surface area (Å²) in [7, 11) is -3.56. The topological polar surface area (TPSA) is 104 Å². The van der Waals surface area contributed by atoms with E-state index in [1.54, 1.807) is 24.3 Å². The van der Waals surface area contributed by atoms with E-state index in [2.05, 4.69) is 0 Å². The molecular weight excluding hydrogens is 372 g/mol. The fraction of sp³-hybridized carbons (Fsp3) is 0.556. The van der Waals surface area contributed by atoms with Gasteiger partial charge in [0, 0.05) is 25.6 Å². The van der Waals surface area contributed by atoms with Gasteiger partial charge in [-0.1, -0.05) is 17.7 Å². The van der Waals surface area contributed by atoms with Crippen molar-refractivity contribution in [2.24, 2.45) is 5.92 Å². The van der Waals surface area contributed by atoms with Crippen molar-refractivity contribution in [3.05, 3.63) is 29.8 Å². The SMILES string of the molecule is Cc1ccc(S(=O)(=O)N2CCC(C(=O)N3CCOC(C(=O)O)C3)CC2)cc1. The molecule has 1 amide bonds. The fourth-order valence-electron chi connectivity index (χ4n) is 3.46. The molecule has 2 fully saturated rings. The lowest BCUT2D eigenvalue weighted by Crippen LogP contribution is -2.51. The Kier molecular flexibility index (Phi) is 5.83. The van der Waals surface area contributed by atoms with Crippen LogP contribution in [0.5, 0.6) is 0 Å². The highest BCUT2D eigenvalue weighted by Crippen LogP contribution is 2.26. The Morgan fingerprint density at radius 2 is 1.74 bits per heavy atom. The molecule has 27 heavy (non-hydrogen) atoms. The molecule has 0 aliphatic carbocycles. The summed E-state index contributed by atoms with van der Waals surface area (Å²) in [6.07, 6.45) is -0.136. The van der Waals surface area contributed by atoms with Gasteiger partial charge >= 0.3 is 5.97 Å². The molecule has 2 aliphatic rings. The third-order valence-electron chi connectivity index (χ3n) is 5.12. The molecule has 0 saturated carbocycles. The Bertz CT molecular complexity index is 800. The number of ether oxygens (including phenoxy) is 1. The number of aliphatic carboxylic acids is 1. The number of amides is 1. The number of sulfonamides is 1. The molecule has 1 unspecified atom stereocenters. The highest BCUT2D eigenvalue weighted by atomic mass is 32.2. The molecule has 1 aromatic rings. The molecule has 9 heteroatoms. The van der Waals surface area contributed by atoms with Gasteiger partial charge in [-0.25, -0.2) is 13.2 Å². The molecule has 3 rings (SSSR count). The van der Waals surface area contributed by atoms with Crippen LogP contribution in [-0.4, -0.2) is 73.5 Å². The van der Waals surface area contributed by atoms with Gasteiger partial charge in [-0.05, 0) is 31.9 Å². The standard InChI is InChI=1S/C18H24N2O6S/c1-13-2-4-15(5-3-13)27(24,25)20-8-6-14(7-9-20)17(21)19-10-11-26-16(12-19)18(22)23/h2-5,14,16H,6-12H2,1H3,(H,22,23). The van der Waals surface area contributed by atoms with Crippen LogP contribution in [0.2, 0.25) is 0 Å². The van der Waals surface area contributed by atoms with Crippen molar-refractivity contribution in [3.8, 4) is 0 Å². The summed E-state index contributed by atoms with van der Waals surface area (Å²) in [4.78, 5) is 25.6. The second-order valence-electron chi connectivity index (χ2n) is 6.97. The number of benzene rings is 1. The van der Waals surface area contributed by atoms with E-state index in [4.69, 9.17) is 9.84 Å². The van der Waals surface area contributed by atoms with Crippen molar-refractivity contribution in [1.82, 2.24) is 9.21 Å². The number of morpholine rings is 1. The predicted octanol–water partition coefficient (Wildman–Crippen LogP) is 0.708. The van der Waals surface area contributed by atoms with E-state index >= 15 is 0 Å². The van der Waals surface area contributed by atoms with Crippen LogP contribution in [0.1, 0.15) is 18.4 Å². The molecular formula is C18H24N2O6S. The summed E-state index contributed by atoms with van der Waals surface area (Å²) < 4.78 is 32.0. The highest BCUT2D eigenvalue weighted by Gasteiger charge is 2.36. The maximum absolute atomic E-state index is 12.7. The van der Waals surface area contributed by atoms with Gasteiger partial charge in [0.15, 0.2) is 6.10 Å². The Labute approximate surface area is 158 Å². The van der Waals surface area contributed by atoms with Crippen molar-refractivity contribution in [1.29, 1.82) is 0 Å². The number of hydrogen-bond donors (Lipinski definition) is 1. The van der Waals surface area contributed by atoms with Crippen LogP contribution in [0, 0.1) is 12.8 Å². The van der Waals surface area contributed by atoms with Gasteiger partial charge in [0.25, 0.3) is 0 Å². The fourth-order valence-corrected chi connectivity index (χ4v) is 4.93. The second-order valence-corrected chi connectivity index (χ2v) is 8.91. The highest BCUT2D eigenvalue weighted by molar-refractivity contribution is 7.89. The smallest absolute Gasteiger partial charge is 0.334 e. The lowest BCUT2D eigenvalue weighted by atomic mass is 9.96. The van der Waals surface area contributed by atoms with E-state index in [9.17, 15) is 18.0 Å². The average molecular weight is 396 g/mol. The maximum Gasteiger partial charge on any atom is 0.334 e. The summed E-state index contributed by atoms with van der Waals surface area (Å²) in [5, 5.41) is 9.06. The summed E-state index contributed by atoms with van der Waals surface area (Å²) in [5.74, 6) is -1.48. The number of piperidine rings is 1. The van der Waals surface area contributed by atoms with Crippen LogP contribution in [0.4, 0.5) is 0 Å². The third kappa shape index (κ3) is 4.31. The van der Waals surface area contributed by atoms with Gasteiger partial charge in [-0.2, -0.15) is 4.31 Å².